The van der Waals surface area contributed by atoms with Crippen LogP contribution in [0.5, 0.6) is 0 Å². The van der Waals surface area contributed by atoms with E-state index < -0.39 is 25.0 Å². The summed E-state index contributed by atoms with van der Waals surface area (Å²) in [4.78, 5) is 0. The first-order chi connectivity index (χ1) is 14.3. The summed E-state index contributed by atoms with van der Waals surface area (Å²) in [6.07, 6.45) is 6.70. The molecule has 182 valence electrons. The van der Waals surface area contributed by atoms with Crippen molar-refractivity contribution >= 4 is 8.56 Å². The summed E-state index contributed by atoms with van der Waals surface area (Å²) in [7, 11) is 4.46. The fourth-order valence-corrected chi connectivity index (χ4v) is 9.38. The van der Waals surface area contributed by atoms with Gasteiger partial charge in [-0.1, -0.05) is 53.9 Å². The standard InChI is InChI=1S/C22H48O7Si/c1-11-16-20(17-12-2,18-13-3)29-30(28-19-23-6,21(14-4,24-7)25-8)22(15-5,26-9)27-10/h11-19H2,1-10H3. The van der Waals surface area contributed by atoms with Crippen molar-refractivity contribution in [3.63, 3.8) is 0 Å². The summed E-state index contributed by atoms with van der Waals surface area (Å²) in [6, 6.07) is 0. The quantitative estimate of drug-likeness (QED) is 0.200. The maximum absolute atomic E-state index is 7.26. The largest absolute Gasteiger partial charge is 0.463 e. The third-order valence-corrected chi connectivity index (χ3v) is 10.9. The lowest BCUT2D eigenvalue weighted by atomic mass is 9.88. The monoisotopic (exact) mass is 452 g/mol. The molecular formula is C22H48O7Si. The maximum Gasteiger partial charge on any atom is 0.463 e. The van der Waals surface area contributed by atoms with Crippen LogP contribution in [-0.2, 0) is 32.5 Å². The third kappa shape index (κ3) is 5.84. The Hall–Kier alpha value is -0.0631. The molecule has 0 amide bonds. The zero-order valence-electron chi connectivity index (χ0n) is 21.2. The second kappa shape index (κ2) is 14.2. The van der Waals surface area contributed by atoms with E-state index in [0.717, 1.165) is 38.5 Å². The van der Waals surface area contributed by atoms with Gasteiger partial charge in [0.25, 0.3) is 0 Å². The summed E-state index contributed by atoms with van der Waals surface area (Å²) in [5, 5.41) is 0. The fraction of sp³-hybridized carbons (Fsp3) is 1.00. The Morgan fingerprint density at radius 2 is 0.967 bits per heavy atom. The molecule has 0 fully saturated rings. The predicted molar refractivity (Wildman–Crippen MR) is 121 cm³/mol. The zero-order valence-corrected chi connectivity index (χ0v) is 22.2. The Balaban J connectivity index is 7.09. The van der Waals surface area contributed by atoms with E-state index in [1.807, 2.05) is 13.8 Å². The van der Waals surface area contributed by atoms with E-state index in [1.54, 1.807) is 35.5 Å². The molecule has 0 aliphatic carbocycles. The van der Waals surface area contributed by atoms with E-state index in [9.17, 15) is 0 Å². The van der Waals surface area contributed by atoms with Gasteiger partial charge in [0, 0.05) is 48.4 Å². The lowest BCUT2D eigenvalue weighted by Crippen LogP contribution is -2.79. The number of ether oxygens (including phenoxy) is 5. The highest BCUT2D eigenvalue weighted by Gasteiger charge is 2.74. The lowest BCUT2D eigenvalue weighted by molar-refractivity contribution is -0.251. The molecule has 0 N–H and O–H groups in total. The van der Waals surface area contributed by atoms with E-state index >= 15 is 0 Å². The molecule has 0 atom stereocenters. The topological polar surface area (TPSA) is 64.6 Å². The van der Waals surface area contributed by atoms with Crippen LogP contribution in [0.1, 0.15) is 86.0 Å². The molecule has 0 aromatic carbocycles. The van der Waals surface area contributed by atoms with Gasteiger partial charge >= 0.3 is 8.56 Å². The van der Waals surface area contributed by atoms with Crippen LogP contribution < -0.4 is 0 Å². The first-order valence-electron chi connectivity index (χ1n) is 11.4. The van der Waals surface area contributed by atoms with Gasteiger partial charge in [0.1, 0.15) is 6.79 Å². The van der Waals surface area contributed by atoms with Crippen molar-refractivity contribution in [3.8, 4) is 0 Å². The third-order valence-electron chi connectivity index (χ3n) is 6.11. The first-order valence-corrected chi connectivity index (χ1v) is 13.2. The molecule has 7 nitrogen and oxygen atoms in total. The molecular weight excluding hydrogens is 404 g/mol. The average Bonchev–Trinajstić information content (AvgIpc) is 2.75. The molecule has 0 rings (SSSR count). The smallest absolute Gasteiger partial charge is 0.382 e. The number of hydrogen-bond acceptors (Lipinski definition) is 7. The number of methoxy groups -OCH3 is 5. The molecule has 0 aromatic heterocycles. The molecule has 8 heteroatoms. The van der Waals surface area contributed by atoms with Crippen LogP contribution in [-0.4, -0.2) is 67.3 Å². The molecule has 0 aliphatic rings. The van der Waals surface area contributed by atoms with Gasteiger partial charge < -0.3 is 32.5 Å². The van der Waals surface area contributed by atoms with E-state index in [4.69, 9.17) is 32.5 Å². The second-order valence-corrected chi connectivity index (χ2v) is 11.0. The minimum atomic E-state index is -3.64. The van der Waals surface area contributed by atoms with E-state index in [1.165, 1.54) is 0 Å². The van der Waals surface area contributed by atoms with Crippen LogP contribution in [0.25, 0.3) is 0 Å². The highest BCUT2D eigenvalue weighted by atomic mass is 28.4. The number of rotatable bonds is 19. The van der Waals surface area contributed by atoms with Crippen molar-refractivity contribution in [1.82, 2.24) is 0 Å². The minimum absolute atomic E-state index is 0.0234. The summed E-state index contributed by atoms with van der Waals surface area (Å²) < 4.78 is 43.4. The van der Waals surface area contributed by atoms with Crippen LogP contribution in [0.2, 0.25) is 0 Å². The highest BCUT2D eigenvalue weighted by molar-refractivity contribution is 6.72. The van der Waals surface area contributed by atoms with E-state index in [-0.39, 0.29) is 6.79 Å². The SMILES string of the molecule is CCCC(CCC)(CCC)O[Si](OCOC)(C(CC)(OC)OC)C(CC)(OC)OC. The number of hydrogen-bond donors (Lipinski definition) is 0. The van der Waals surface area contributed by atoms with Gasteiger partial charge in [0.2, 0.25) is 10.8 Å². The molecule has 0 bridgehead atoms. The van der Waals surface area contributed by atoms with Crippen LogP contribution >= 0.6 is 0 Å². The molecule has 0 aliphatic heterocycles. The highest BCUT2D eigenvalue weighted by Crippen LogP contribution is 2.47. The molecule has 0 radical (unpaired) electrons. The minimum Gasteiger partial charge on any atom is -0.382 e. The molecule has 0 heterocycles. The second-order valence-electron chi connectivity index (χ2n) is 7.73. The molecule has 30 heavy (non-hydrogen) atoms. The van der Waals surface area contributed by atoms with Crippen LogP contribution in [0.3, 0.4) is 0 Å². The molecule has 0 unspecified atom stereocenters. The van der Waals surface area contributed by atoms with Gasteiger partial charge in [-0.25, -0.2) is 0 Å². The first kappa shape index (κ1) is 29.9. The maximum atomic E-state index is 7.26. The molecule has 0 saturated heterocycles. The van der Waals surface area contributed by atoms with Crippen molar-refractivity contribution in [2.75, 3.05) is 42.3 Å². The fourth-order valence-electron chi connectivity index (χ4n) is 4.78. The van der Waals surface area contributed by atoms with Crippen LogP contribution in [0, 0.1) is 0 Å². The summed E-state index contributed by atoms with van der Waals surface area (Å²) in [6.45, 7) is 10.6. The van der Waals surface area contributed by atoms with Gasteiger partial charge in [0.15, 0.2) is 0 Å². The summed E-state index contributed by atoms with van der Waals surface area (Å²) in [5.74, 6) is 0. The summed E-state index contributed by atoms with van der Waals surface area (Å²) >= 11 is 0. The lowest BCUT2D eigenvalue weighted by Gasteiger charge is -2.55. The van der Waals surface area contributed by atoms with Crippen molar-refractivity contribution in [1.29, 1.82) is 0 Å². The van der Waals surface area contributed by atoms with Crippen molar-refractivity contribution in [3.05, 3.63) is 0 Å². The van der Waals surface area contributed by atoms with Crippen LogP contribution in [0.15, 0.2) is 0 Å². The Labute approximate surface area is 186 Å². The molecule has 0 saturated carbocycles. The van der Waals surface area contributed by atoms with Gasteiger partial charge in [-0.2, -0.15) is 0 Å². The predicted octanol–water partition coefficient (Wildman–Crippen LogP) is 5.08. The Kier molecular flexibility index (Phi) is 14.1. The van der Waals surface area contributed by atoms with Gasteiger partial charge in [-0.05, 0) is 19.3 Å². The molecule has 0 aromatic rings. The van der Waals surface area contributed by atoms with Gasteiger partial charge in [0.05, 0.1) is 5.60 Å². The summed E-state index contributed by atoms with van der Waals surface area (Å²) in [5.41, 5.74) is -2.71. The van der Waals surface area contributed by atoms with Crippen molar-refractivity contribution in [2.45, 2.75) is 102 Å². The van der Waals surface area contributed by atoms with Crippen molar-refractivity contribution < 1.29 is 32.5 Å². The average molecular weight is 453 g/mol. The van der Waals surface area contributed by atoms with Crippen molar-refractivity contribution in [2.24, 2.45) is 0 Å². The van der Waals surface area contributed by atoms with Gasteiger partial charge in [-0.3, -0.25) is 0 Å². The Bertz CT molecular complexity index is 386. The zero-order chi connectivity index (χ0) is 23.3. The van der Waals surface area contributed by atoms with Crippen LogP contribution in [0.4, 0.5) is 0 Å². The Morgan fingerprint density at radius 3 is 1.20 bits per heavy atom. The van der Waals surface area contributed by atoms with Gasteiger partial charge in [-0.15, -0.1) is 0 Å². The Morgan fingerprint density at radius 1 is 0.600 bits per heavy atom. The normalized spacial score (nSPS) is 13.8. The van der Waals surface area contributed by atoms with E-state index in [2.05, 4.69) is 20.8 Å². The van der Waals surface area contributed by atoms with E-state index in [0.29, 0.717) is 12.8 Å². The molecule has 0 spiro atoms.